The van der Waals surface area contributed by atoms with Crippen LogP contribution in [-0.2, 0) is 28.8 Å². The average molecular weight is 785 g/mol. The van der Waals surface area contributed by atoms with Crippen molar-refractivity contribution in [3.63, 3.8) is 0 Å². The maximum absolute atomic E-state index is 13.5. The molecule has 0 unspecified atom stereocenters. The van der Waals surface area contributed by atoms with Gasteiger partial charge in [-0.2, -0.15) is 5.10 Å². The number of carboxylic acids is 2. The van der Waals surface area contributed by atoms with Crippen LogP contribution in [0, 0.1) is 5.92 Å². The Morgan fingerprint density at radius 2 is 1.88 bits per heavy atom. The van der Waals surface area contributed by atoms with Crippen molar-refractivity contribution in [2.24, 2.45) is 21.9 Å². The van der Waals surface area contributed by atoms with Crippen LogP contribution in [0.4, 0.5) is 9.93 Å². The van der Waals surface area contributed by atoms with Gasteiger partial charge >= 0.3 is 18.0 Å². The van der Waals surface area contributed by atoms with E-state index in [0.717, 1.165) is 40.9 Å². The third-order valence-electron chi connectivity index (χ3n) is 7.90. The second-order valence-corrected chi connectivity index (χ2v) is 16.4. The van der Waals surface area contributed by atoms with Crippen LogP contribution in [0.15, 0.2) is 27.8 Å². The molecule has 4 heterocycles. The highest BCUT2D eigenvalue weighted by molar-refractivity contribution is 8.20. The maximum atomic E-state index is 13.5. The summed E-state index contributed by atoms with van der Waals surface area (Å²) in [5, 5.41) is 47.0. The number of urea groups is 1. The number of anilines is 1. The van der Waals surface area contributed by atoms with Crippen molar-refractivity contribution >= 4 is 98.6 Å². The van der Waals surface area contributed by atoms with E-state index in [2.05, 4.69) is 15.2 Å². The molecule has 3 saturated heterocycles. The Morgan fingerprint density at radius 1 is 1.20 bits per heavy atom. The summed E-state index contributed by atoms with van der Waals surface area (Å²) in [6, 6.07) is 1.17. The molecule has 0 aliphatic carbocycles. The number of carbonyl (C=O) groups excluding carboxylic acids is 4. The fourth-order valence-electron chi connectivity index (χ4n) is 5.09. The Bertz CT molecular complexity index is 1900. The predicted octanol–water partition coefficient (Wildman–Crippen LogP) is 0.662. The van der Waals surface area contributed by atoms with Crippen LogP contribution in [0.5, 0.6) is 11.5 Å². The minimum absolute atomic E-state index is 0.0222. The third kappa shape index (κ3) is 7.34. The number of thioether (sulfide) groups is 2. The molecule has 5 rings (SSSR count). The number of fused-ring (bicyclic) bond motifs is 1. The number of Topliss-reactive ketones (excluding diaryl/α,β-unsaturated/α-hetero) is 1. The number of aromatic hydroxyl groups is 2. The summed E-state index contributed by atoms with van der Waals surface area (Å²) < 4.78 is -1.55. The lowest BCUT2D eigenvalue weighted by molar-refractivity contribution is -0.161. The van der Waals surface area contributed by atoms with Crippen molar-refractivity contribution in [2.45, 2.75) is 40.6 Å². The van der Waals surface area contributed by atoms with Gasteiger partial charge in [-0.1, -0.05) is 16.8 Å². The topological polar surface area (TPSA) is 301 Å². The zero-order chi connectivity index (χ0) is 37.6. The number of nitrogens with two attached hydrogens (primary N) is 2. The van der Waals surface area contributed by atoms with E-state index < -0.39 is 90.4 Å². The van der Waals surface area contributed by atoms with Crippen LogP contribution in [-0.4, -0.2) is 122 Å². The van der Waals surface area contributed by atoms with Crippen molar-refractivity contribution in [3.05, 3.63) is 33.8 Å². The van der Waals surface area contributed by atoms with E-state index in [9.17, 15) is 49.2 Å². The highest BCUT2D eigenvalue weighted by Gasteiger charge is 2.63. The summed E-state index contributed by atoms with van der Waals surface area (Å²) in [6.45, 7) is 2.32. The number of carboxylic acid groups (broad SMARTS) is 2. The molecule has 23 heteroatoms. The molecule has 0 radical (unpaired) electrons. The van der Waals surface area contributed by atoms with Gasteiger partial charge in [0.05, 0.1) is 22.9 Å². The smallest absolute Gasteiger partial charge is 0.350 e. The SMILES string of the molecule is CC(C)(O/N=C(\C(=O)C[C@@H]1C(=O)N2C[C@](SC3CN(C(=O)C(=NNC(N)=O)c4ccc(O)c(O)c4Cl)C3)(C(=O)O)S[C@H]12)c1csc(N)n1)C(=O)O. The van der Waals surface area contributed by atoms with Crippen LogP contribution in [0.25, 0.3) is 0 Å². The summed E-state index contributed by atoms with van der Waals surface area (Å²) in [4.78, 5) is 87.4. The third-order valence-corrected chi connectivity index (χ3v) is 12.4. The number of phenols is 2. The van der Waals surface area contributed by atoms with Crippen molar-refractivity contribution in [2.75, 3.05) is 25.4 Å². The van der Waals surface area contributed by atoms with E-state index in [0.29, 0.717) is 0 Å². The molecule has 3 aliphatic heterocycles. The number of likely N-dealkylation sites (tertiary alicyclic amines) is 1. The van der Waals surface area contributed by atoms with Gasteiger partial charge < -0.3 is 46.5 Å². The Morgan fingerprint density at radius 3 is 2.47 bits per heavy atom. The van der Waals surface area contributed by atoms with E-state index in [1.165, 1.54) is 35.1 Å². The van der Waals surface area contributed by atoms with Crippen LogP contribution < -0.4 is 16.9 Å². The Hall–Kier alpha value is -4.80. The predicted molar refractivity (Wildman–Crippen MR) is 184 cm³/mol. The lowest BCUT2D eigenvalue weighted by atomic mass is 9.90. The first kappa shape index (κ1) is 37.5. The number of hydrogen-bond donors (Lipinski definition) is 7. The van der Waals surface area contributed by atoms with Gasteiger partial charge in [0.15, 0.2) is 37.9 Å². The van der Waals surface area contributed by atoms with Gasteiger partial charge in [0.1, 0.15) is 5.69 Å². The molecule has 1 aromatic carbocycles. The summed E-state index contributed by atoms with van der Waals surface area (Å²) in [7, 11) is 0. The lowest BCUT2D eigenvalue weighted by Crippen LogP contribution is -2.58. The fraction of sp³-hybridized carbons (Fsp3) is 0.393. The highest BCUT2D eigenvalue weighted by Crippen LogP contribution is 2.57. The number of carbonyl (C=O) groups is 6. The number of ketones is 1. The summed E-state index contributed by atoms with van der Waals surface area (Å²) in [5.74, 6) is -6.69. The molecule has 272 valence electrons. The number of nitrogens with one attached hydrogen (secondary N) is 1. The molecule has 19 nitrogen and oxygen atoms in total. The van der Waals surface area contributed by atoms with Gasteiger partial charge in [-0.05, 0) is 26.0 Å². The van der Waals surface area contributed by atoms with Crippen LogP contribution in [0.1, 0.15) is 31.5 Å². The molecule has 3 fully saturated rings. The number of primary amides is 1. The Balaban J connectivity index is 1.27. The van der Waals surface area contributed by atoms with Gasteiger partial charge in [-0.15, -0.1) is 34.9 Å². The van der Waals surface area contributed by atoms with Gasteiger partial charge in [-0.3, -0.25) is 14.4 Å². The number of thiazole rings is 1. The van der Waals surface area contributed by atoms with Crippen molar-refractivity contribution in [3.8, 4) is 11.5 Å². The van der Waals surface area contributed by atoms with Crippen LogP contribution >= 0.6 is 46.5 Å². The molecule has 0 saturated carbocycles. The van der Waals surface area contributed by atoms with E-state index in [1.54, 1.807) is 0 Å². The Labute approximate surface area is 305 Å². The van der Waals surface area contributed by atoms with Crippen molar-refractivity contribution in [1.82, 2.24) is 20.2 Å². The molecular weight excluding hydrogens is 756 g/mol. The highest BCUT2D eigenvalue weighted by atomic mass is 35.5. The molecule has 4 amide bonds. The first-order chi connectivity index (χ1) is 23.8. The van der Waals surface area contributed by atoms with Crippen LogP contribution in [0.3, 0.4) is 0 Å². The summed E-state index contributed by atoms with van der Waals surface area (Å²) in [5.41, 5.74) is 10.1. The summed E-state index contributed by atoms with van der Waals surface area (Å²) in [6.07, 6.45) is -0.400. The van der Waals surface area contributed by atoms with Gasteiger partial charge in [0.25, 0.3) is 5.91 Å². The monoisotopic (exact) mass is 784 g/mol. The second-order valence-electron chi connectivity index (χ2n) is 11.9. The molecular formula is C28H29ClN8O11S3. The number of nitrogens with zero attached hydrogens (tertiary/aromatic N) is 5. The van der Waals surface area contributed by atoms with Gasteiger partial charge in [-0.25, -0.2) is 24.8 Å². The summed E-state index contributed by atoms with van der Waals surface area (Å²) >= 11 is 9.15. The molecule has 0 spiro atoms. The fourth-order valence-corrected chi connectivity index (χ4v) is 9.56. The van der Waals surface area contributed by atoms with E-state index in [-0.39, 0.29) is 41.7 Å². The quantitative estimate of drug-likeness (QED) is 0.0635. The van der Waals surface area contributed by atoms with Gasteiger partial charge in [0, 0.05) is 35.7 Å². The Kier molecular flexibility index (Phi) is 10.3. The number of nitrogen functional groups attached to an aromatic ring is 1. The van der Waals surface area contributed by atoms with E-state index in [4.69, 9.17) is 27.9 Å². The molecule has 0 bridgehead atoms. The number of benzene rings is 1. The number of phenolic OH excluding ortho intramolecular Hbond substituents is 2. The standard InChI is InChI=1S/C28H29ClN8O11S3/c1-27(2,23(43)44)48-35-18(13-8-49-26(31)32-13)15(39)5-12-20(41)37-9-28(24(45)46,51-22(12)37)50-10-6-36(7-10)21(42)17(33-34-25(30)47)11-3-4-14(38)19(40)16(11)29/h3-4,8,10,12,22,38,40H,5-7,9H2,1-2H3,(H2,31,32)(H,43,44)(H,45,46)(H3,30,34,47)/b33-17?,35-18-/t12-,22-,28-/m1/s1. The molecule has 9 N–H and O–H groups in total. The molecule has 1 aromatic heterocycles. The van der Waals surface area contributed by atoms with Crippen LogP contribution in [0.2, 0.25) is 5.02 Å². The number of β-lactam (4-membered cyclic amide) rings is 1. The van der Waals surface area contributed by atoms with Crippen molar-refractivity contribution in [1.29, 1.82) is 0 Å². The largest absolute Gasteiger partial charge is 0.504 e. The number of halogens is 1. The van der Waals surface area contributed by atoms with Crippen molar-refractivity contribution < 1.29 is 54.0 Å². The first-order valence-corrected chi connectivity index (χ1v) is 17.6. The maximum Gasteiger partial charge on any atom is 0.350 e. The number of hydrogen-bond acceptors (Lipinski definition) is 16. The molecule has 3 atom stereocenters. The van der Waals surface area contributed by atoms with Gasteiger partial charge in [0.2, 0.25) is 11.5 Å². The number of amides is 4. The second kappa shape index (κ2) is 14.1. The zero-order valence-corrected chi connectivity index (χ0v) is 29.6. The minimum atomic E-state index is -1.80. The van der Waals surface area contributed by atoms with E-state index >= 15 is 0 Å². The number of oxime groups is 1. The lowest BCUT2D eigenvalue weighted by Gasteiger charge is -2.41. The first-order valence-electron chi connectivity index (χ1n) is 14.6. The molecule has 3 aliphatic rings. The average Bonchev–Trinajstić information content (AvgIpc) is 3.63. The minimum Gasteiger partial charge on any atom is -0.504 e. The normalized spacial score (nSPS) is 22.1. The zero-order valence-electron chi connectivity index (χ0n) is 26.4. The number of hydrazone groups is 1. The number of rotatable bonds is 13. The molecule has 51 heavy (non-hydrogen) atoms. The number of aromatic nitrogens is 1. The molecule has 2 aromatic rings. The van der Waals surface area contributed by atoms with E-state index in [1.807, 2.05) is 5.43 Å². The number of aliphatic carboxylic acids is 2.